The third-order valence-corrected chi connectivity index (χ3v) is 4.66. The molecule has 0 N–H and O–H groups in total. The molecule has 2 fully saturated rings. The number of hydrogen-bond acceptors (Lipinski definition) is 2. The van der Waals surface area contributed by atoms with E-state index >= 15 is 0 Å². The smallest absolute Gasteiger partial charge is 0.300 e. The Morgan fingerprint density at radius 1 is 0.688 bits per heavy atom. The zero-order chi connectivity index (χ0) is 12.5. The minimum Gasteiger partial charge on any atom is -0.300 e. The van der Waals surface area contributed by atoms with Crippen LogP contribution in [0.5, 0.6) is 0 Å². The Kier molecular flexibility index (Phi) is 1.80. The molecular formula is C10H18N4O2. The van der Waals surface area contributed by atoms with Crippen LogP contribution in [0.25, 0.3) is 0 Å². The molecule has 90 valence electrons. The number of rotatable bonds is 0. The molecule has 0 aromatic carbocycles. The van der Waals surface area contributed by atoms with E-state index in [1.54, 1.807) is 47.8 Å². The van der Waals surface area contributed by atoms with E-state index in [4.69, 9.17) is 0 Å². The molecule has 0 spiro atoms. The van der Waals surface area contributed by atoms with Gasteiger partial charge in [-0.05, 0) is 13.8 Å². The zero-order valence-corrected chi connectivity index (χ0v) is 10.6. The lowest BCUT2D eigenvalue weighted by atomic mass is 9.96. The summed E-state index contributed by atoms with van der Waals surface area (Å²) in [5.41, 5.74) is -1.27. The average molecular weight is 226 g/mol. The largest absolute Gasteiger partial charge is 0.323 e. The van der Waals surface area contributed by atoms with Crippen LogP contribution in [0.1, 0.15) is 13.8 Å². The van der Waals surface area contributed by atoms with Gasteiger partial charge in [0.05, 0.1) is 0 Å². The fourth-order valence-corrected chi connectivity index (χ4v) is 2.92. The van der Waals surface area contributed by atoms with Crippen LogP contribution in [0.15, 0.2) is 0 Å². The minimum atomic E-state index is -0.634. The van der Waals surface area contributed by atoms with Crippen LogP contribution in [-0.4, -0.2) is 71.2 Å². The molecule has 0 aromatic rings. The Morgan fingerprint density at radius 3 is 1.06 bits per heavy atom. The fraction of sp³-hybridized carbons (Fsp3) is 0.800. The molecule has 2 heterocycles. The van der Waals surface area contributed by atoms with Gasteiger partial charge in [-0.2, -0.15) is 0 Å². The second-order valence-corrected chi connectivity index (χ2v) is 4.84. The van der Waals surface area contributed by atoms with Crippen LogP contribution in [-0.2, 0) is 0 Å². The molecule has 2 aliphatic rings. The average Bonchev–Trinajstić information content (AvgIpc) is 2.48. The number of urea groups is 2. The Morgan fingerprint density at radius 2 is 0.875 bits per heavy atom. The predicted octanol–water partition coefficient (Wildman–Crippen LogP) is 0.413. The SMILES string of the molecule is CN1C(=O)N(C)C2(C)N(C)C(=O)N(C)C12C. The molecule has 0 aromatic heterocycles. The number of nitrogens with zero attached hydrogens (tertiary/aromatic N) is 4. The van der Waals surface area contributed by atoms with E-state index < -0.39 is 11.3 Å². The van der Waals surface area contributed by atoms with Gasteiger partial charge in [-0.15, -0.1) is 0 Å². The number of carbonyl (C=O) groups is 2. The molecule has 0 bridgehead atoms. The van der Waals surface area contributed by atoms with Crippen LogP contribution in [0, 0.1) is 0 Å². The highest BCUT2D eigenvalue weighted by atomic mass is 16.2. The van der Waals surface area contributed by atoms with Crippen molar-refractivity contribution in [2.45, 2.75) is 25.2 Å². The quantitative estimate of drug-likeness (QED) is 0.600. The van der Waals surface area contributed by atoms with Crippen molar-refractivity contribution < 1.29 is 9.59 Å². The van der Waals surface area contributed by atoms with Gasteiger partial charge in [0.25, 0.3) is 0 Å². The van der Waals surface area contributed by atoms with Crippen LogP contribution in [0.4, 0.5) is 9.59 Å². The summed E-state index contributed by atoms with van der Waals surface area (Å²) in [6, 6.07) is -0.146. The van der Waals surface area contributed by atoms with Gasteiger partial charge in [-0.3, -0.25) is 0 Å². The van der Waals surface area contributed by atoms with Gasteiger partial charge in [0.1, 0.15) is 0 Å². The third-order valence-electron chi connectivity index (χ3n) is 4.66. The van der Waals surface area contributed by atoms with E-state index in [0.717, 1.165) is 0 Å². The number of hydrogen-bond donors (Lipinski definition) is 0. The van der Waals surface area contributed by atoms with Crippen molar-refractivity contribution in [3.8, 4) is 0 Å². The second kappa shape index (κ2) is 2.61. The van der Waals surface area contributed by atoms with Gasteiger partial charge < -0.3 is 19.6 Å². The molecule has 0 aliphatic carbocycles. The molecule has 4 amide bonds. The standard InChI is InChI=1S/C10H18N4O2/c1-9-10(2,13(5)7(15)11(9)3)14(6)8(16)12(9)4/h1-6H3. The molecule has 2 aliphatic heterocycles. The Balaban J connectivity index is 2.66. The molecule has 0 atom stereocenters. The summed E-state index contributed by atoms with van der Waals surface area (Å²) in [6.07, 6.45) is 0. The van der Waals surface area contributed by atoms with Crippen molar-refractivity contribution >= 4 is 12.1 Å². The second-order valence-electron chi connectivity index (χ2n) is 4.84. The first kappa shape index (κ1) is 11.0. The van der Waals surface area contributed by atoms with E-state index in [2.05, 4.69) is 0 Å². The van der Waals surface area contributed by atoms with E-state index in [-0.39, 0.29) is 12.1 Å². The van der Waals surface area contributed by atoms with Crippen molar-refractivity contribution in [1.29, 1.82) is 0 Å². The van der Waals surface area contributed by atoms with Crippen molar-refractivity contribution in [1.82, 2.24) is 19.6 Å². The predicted molar refractivity (Wildman–Crippen MR) is 58.7 cm³/mol. The van der Waals surface area contributed by atoms with Crippen LogP contribution in [0.2, 0.25) is 0 Å². The monoisotopic (exact) mass is 226 g/mol. The molecule has 2 saturated heterocycles. The van der Waals surface area contributed by atoms with Crippen molar-refractivity contribution in [3.63, 3.8) is 0 Å². The molecule has 0 unspecified atom stereocenters. The fourth-order valence-electron chi connectivity index (χ4n) is 2.92. The summed E-state index contributed by atoms with van der Waals surface area (Å²) in [6.45, 7) is 3.82. The maximum Gasteiger partial charge on any atom is 0.323 e. The molecule has 6 nitrogen and oxygen atoms in total. The van der Waals surface area contributed by atoms with Crippen LogP contribution < -0.4 is 0 Å². The van der Waals surface area contributed by atoms with Crippen molar-refractivity contribution in [3.05, 3.63) is 0 Å². The number of fused-ring (bicyclic) bond motifs is 1. The minimum absolute atomic E-state index is 0.0730. The van der Waals surface area contributed by atoms with E-state index in [1.807, 2.05) is 13.8 Å². The van der Waals surface area contributed by atoms with Gasteiger partial charge in [0.15, 0.2) is 11.3 Å². The maximum absolute atomic E-state index is 12.0. The summed E-state index contributed by atoms with van der Waals surface area (Å²) in [7, 11) is 6.92. The normalized spacial score (nSPS) is 38.9. The molecule has 16 heavy (non-hydrogen) atoms. The lowest BCUT2D eigenvalue weighted by Gasteiger charge is -2.42. The first-order chi connectivity index (χ1) is 7.20. The summed E-state index contributed by atoms with van der Waals surface area (Å²) in [5, 5.41) is 0. The number of carbonyl (C=O) groups excluding carboxylic acids is 2. The summed E-state index contributed by atoms with van der Waals surface area (Å²) in [5.74, 6) is 0. The lowest BCUT2D eigenvalue weighted by Crippen LogP contribution is -2.62. The van der Waals surface area contributed by atoms with Gasteiger partial charge >= 0.3 is 12.1 Å². The van der Waals surface area contributed by atoms with Crippen LogP contribution >= 0.6 is 0 Å². The van der Waals surface area contributed by atoms with E-state index in [0.29, 0.717) is 0 Å². The van der Waals surface area contributed by atoms with Gasteiger partial charge in [0, 0.05) is 28.2 Å². The lowest BCUT2D eigenvalue weighted by molar-refractivity contribution is -0.00949. The van der Waals surface area contributed by atoms with Gasteiger partial charge in [0.2, 0.25) is 0 Å². The highest BCUT2D eigenvalue weighted by molar-refractivity contribution is 5.87. The summed E-state index contributed by atoms with van der Waals surface area (Å²) < 4.78 is 0. The van der Waals surface area contributed by atoms with Crippen molar-refractivity contribution in [2.75, 3.05) is 28.2 Å². The summed E-state index contributed by atoms with van der Waals surface area (Å²) in [4.78, 5) is 30.5. The molecule has 0 radical (unpaired) electrons. The molecule has 2 rings (SSSR count). The Labute approximate surface area is 95.4 Å². The highest BCUT2D eigenvalue weighted by Crippen LogP contribution is 2.48. The van der Waals surface area contributed by atoms with Crippen molar-refractivity contribution in [2.24, 2.45) is 0 Å². The highest BCUT2D eigenvalue weighted by Gasteiger charge is 2.70. The van der Waals surface area contributed by atoms with Gasteiger partial charge in [-0.25, -0.2) is 9.59 Å². The number of likely N-dealkylation sites (N-methyl/N-ethyl adjacent to an activating group) is 4. The topological polar surface area (TPSA) is 47.1 Å². The van der Waals surface area contributed by atoms with E-state index in [1.165, 1.54) is 0 Å². The molecule has 0 saturated carbocycles. The third kappa shape index (κ3) is 0.739. The number of amides is 4. The Bertz CT molecular complexity index is 321. The van der Waals surface area contributed by atoms with Crippen LogP contribution in [0.3, 0.4) is 0 Å². The molecule has 6 heteroatoms. The first-order valence-corrected chi connectivity index (χ1v) is 5.24. The summed E-state index contributed by atoms with van der Waals surface area (Å²) >= 11 is 0. The molecular weight excluding hydrogens is 208 g/mol. The maximum atomic E-state index is 12.0. The zero-order valence-electron chi connectivity index (χ0n) is 10.6. The van der Waals surface area contributed by atoms with Gasteiger partial charge in [-0.1, -0.05) is 0 Å². The Hall–Kier alpha value is -1.46. The van der Waals surface area contributed by atoms with E-state index in [9.17, 15) is 9.59 Å². The first-order valence-electron chi connectivity index (χ1n) is 5.24.